The van der Waals surface area contributed by atoms with Crippen molar-refractivity contribution in [3.8, 4) is 0 Å². The Kier molecular flexibility index (Phi) is 6.03. The van der Waals surface area contributed by atoms with E-state index in [1.54, 1.807) is 0 Å². The van der Waals surface area contributed by atoms with Crippen molar-refractivity contribution < 1.29 is 27.1 Å². The Hall–Kier alpha value is -2.82. The molecule has 0 radical (unpaired) electrons. The van der Waals surface area contributed by atoms with Crippen LogP contribution < -0.4 is 15.4 Å². The summed E-state index contributed by atoms with van der Waals surface area (Å²) < 4.78 is 45.2. The van der Waals surface area contributed by atoms with Crippen LogP contribution in [0.2, 0.25) is 0 Å². The van der Waals surface area contributed by atoms with E-state index < -0.39 is 33.7 Å². The van der Waals surface area contributed by atoms with Gasteiger partial charge < -0.3 is 15.4 Å². The molecule has 2 fully saturated rings. The summed E-state index contributed by atoms with van der Waals surface area (Å²) in [5.41, 5.74) is 0.677. The average molecular weight is 447 g/mol. The maximum atomic E-state index is 13.1. The molecule has 2 aliphatic rings. The van der Waals surface area contributed by atoms with Crippen LogP contribution in [-0.4, -0.2) is 45.5 Å². The zero-order valence-electron chi connectivity index (χ0n) is 16.5. The molecule has 4 rings (SSSR count). The monoisotopic (exact) mass is 447 g/mol. The van der Waals surface area contributed by atoms with Crippen LogP contribution in [-0.2, 0) is 19.6 Å². The van der Waals surface area contributed by atoms with Gasteiger partial charge in [0.05, 0.1) is 24.2 Å². The standard InChI is InChI=1S/C21H22FN3O5S/c22-15-5-3-14(4-6-15)20(26)24-19(13-1-2-13)21(27)23-16-7-9-18(10-8-16)31(28,29)25-17-11-30-12-17/h3-10,13,17,19,25H,1-2,11-12H2,(H,23,27)(H,24,26)/t19-/m0/s1. The first-order chi connectivity index (χ1) is 14.8. The molecule has 2 amide bonds. The van der Waals surface area contributed by atoms with Gasteiger partial charge in [-0.2, -0.15) is 0 Å². The lowest BCUT2D eigenvalue weighted by Crippen LogP contribution is -2.48. The summed E-state index contributed by atoms with van der Waals surface area (Å²) >= 11 is 0. The highest BCUT2D eigenvalue weighted by Crippen LogP contribution is 2.33. The normalized spacial score (nSPS) is 17.5. The minimum Gasteiger partial charge on any atom is -0.378 e. The number of sulfonamides is 1. The van der Waals surface area contributed by atoms with Crippen molar-refractivity contribution in [3.05, 3.63) is 59.9 Å². The number of halogens is 1. The summed E-state index contributed by atoms with van der Waals surface area (Å²) in [6.45, 7) is 0.694. The highest BCUT2D eigenvalue weighted by molar-refractivity contribution is 7.89. The Morgan fingerprint density at radius 2 is 1.65 bits per heavy atom. The van der Waals surface area contributed by atoms with Crippen molar-refractivity contribution in [2.45, 2.75) is 29.8 Å². The zero-order chi connectivity index (χ0) is 22.0. The molecule has 1 aliphatic carbocycles. The third-order valence-electron chi connectivity index (χ3n) is 5.16. The van der Waals surface area contributed by atoms with Crippen molar-refractivity contribution in [3.63, 3.8) is 0 Å². The number of rotatable bonds is 8. The lowest BCUT2D eigenvalue weighted by Gasteiger charge is -2.26. The second-order valence-corrected chi connectivity index (χ2v) is 9.38. The van der Waals surface area contributed by atoms with Crippen LogP contribution in [0.15, 0.2) is 53.4 Å². The molecule has 10 heteroatoms. The van der Waals surface area contributed by atoms with Crippen LogP contribution >= 0.6 is 0 Å². The van der Waals surface area contributed by atoms with Gasteiger partial charge in [-0.1, -0.05) is 0 Å². The quantitative estimate of drug-likeness (QED) is 0.570. The number of ether oxygens (including phenoxy) is 1. The Balaban J connectivity index is 1.39. The Labute approximate surface area is 179 Å². The molecule has 0 unspecified atom stereocenters. The molecule has 3 N–H and O–H groups in total. The number of carbonyl (C=O) groups is 2. The van der Waals surface area contributed by atoms with Crippen LogP contribution in [0.1, 0.15) is 23.2 Å². The van der Waals surface area contributed by atoms with Crippen molar-refractivity contribution in [1.82, 2.24) is 10.0 Å². The van der Waals surface area contributed by atoms with Gasteiger partial charge in [0, 0.05) is 11.3 Å². The van der Waals surface area contributed by atoms with Crippen LogP contribution in [0.25, 0.3) is 0 Å². The van der Waals surface area contributed by atoms with Gasteiger partial charge in [0.25, 0.3) is 5.91 Å². The molecule has 164 valence electrons. The molecular weight excluding hydrogens is 425 g/mol. The fraction of sp³-hybridized carbons (Fsp3) is 0.333. The largest absolute Gasteiger partial charge is 0.378 e. The predicted molar refractivity (Wildman–Crippen MR) is 110 cm³/mol. The molecule has 1 atom stereocenters. The van der Waals surface area contributed by atoms with Crippen molar-refractivity contribution in [2.24, 2.45) is 5.92 Å². The van der Waals surface area contributed by atoms with E-state index in [4.69, 9.17) is 4.74 Å². The maximum absolute atomic E-state index is 13.1. The number of benzene rings is 2. The van der Waals surface area contributed by atoms with Gasteiger partial charge in [0.1, 0.15) is 11.9 Å². The SMILES string of the molecule is O=C(N[C@H](C(=O)Nc1ccc(S(=O)(=O)NC2COC2)cc1)C1CC1)c1ccc(F)cc1. The van der Waals surface area contributed by atoms with Crippen LogP contribution in [0.4, 0.5) is 10.1 Å². The summed E-state index contributed by atoms with van der Waals surface area (Å²) in [4.78, 5) is 25.3. The van der Waals surface area contributed by atoms with Gasteiger partial charge in [0.2, 0.25) is 15.9 Å². The third-order valence-corrected chi connectivity index (χ3v) is 6.70. The van der Waals surface area contributed by atoms with Gasteiger partial charge in [-0.25, -0.2) is 17.5 Å². The van der Waals surface area contributed by atoms with Gasteiger partial charge >= 0.3 is 0 Å². The first-order valence-electron chi connectivity index (χ1n) is 9.89. The molecule has 1 heterocycles. The van der Waals surface area contributed by atoms with Crippen LogP contribution in [0, 0.1) is 11.7 Å². The second kappa shape index (κ2) is 8.74. The Morgan fingerprint density at radius 3 is 2.19 bits per heavy atom. The number of hydrogen-bond acceptors (Lipinski definition) is 5. The van der Waals surface area contributed by atoms with E-state index in [2.05, 4.69) is 15.4 Å². The molecule has 2 aromatic carbocycles. The van der Waals surface area contributed by atoms with E-state index in [0.717, 1.165) is 12.8 Å². The fourth-order valence-electron chi connectivity index (χ4n) is 3.18. The average Bonchev–Trinajstić information content (AvgIpc) is 3.55. The molecule has 0 aromatic heterocycles. The van der Waals surface area contributed by atoms with E-state index in [0.29, 0.717) is 18.9 Å². The number of anilines is 1. The van der Waals surface area contributed by atoms with E-state index in [1.165, 1.54) is 48.5 Å². The van der Waals surface area contributed by atoms with Gasteiger partial charge in [-0.15, -0.1) is 0 Å². The van der Waals surface area contributed by atoms with Crippen LogP contribution in [0.5, 0.6) is 0 Å². The first kappa shape index (κ1) is 21.4. The van der Waals surface area contributed by atoms with Crippen molar-refractivity contribution >= 4 is 27.5 Å². The number of carbonyl (C=O) groups excluding carboxylic acids is 2. The number of hydrogen-bond donors (Lipinski definition) is 3. The molecule has 0 spiro atoms. The van der Waals surface area contributed by atoms with E-state index in [9.17, 15) is 22.4 Å². The van der Waals surface area contributed by atoms with E-state index in [1.807, 2.05) is 0 Å². The molecule has 8 nitrogen and oxygen atoms in total. The zero-order valence-corrected chi connectivity index (χ0v) is 17.3. The van der Waals surface area contributed by atoms with E-state index in [-0.39, 0.29) is 22.4 Å². The van der Waals surface area contributed by atoms with Gasteiger partial charge in [-0.05, 0) is 67.3 Å². The summed E-state index contributed by atoms with van der Waals surface area (Å²) in [5.74, 6) is -1.27. The Morgan fingerprint density at radius 1 is 1.00 bits per heavy atom. The summed E-state index contributed by atoms with van der Waals surface area (Å²) in [6, 6.07) is 9.92. The summed E-state index contributed by atoms with van der Waals surface area (Å²) in [7, 11) is -3.66. The maximum Gasteiger partial charge on any atom is 0.251 e. The third kappa shape index (κ3) is 5.27. The molecular formula is C21H22FN3O5S. The molecule has 1 aliphatic heterocycles. The van der Waals surface area contributed by atoms with Gasteiger partial charge in [-0.3, -0.25) is 9.59 Å². The summed E-state index contributed by atoms with van der Waals surface area (Å²) in [5, 5.41) is 5.44. The highest BCUT2D eigenvalue weighted by Gasteiger charge is 2.37. The topological polar surface area (TPSA) is 114 Å². The first-order valence-corrected chi connectivity index (χ1v) is 11.4. The minimum atomic E-state index is -3.66. The molecule has 31 heavy (non-hydrogen) atoms. The second-order valence-electron chi connectivity index (χ2n) is 7.66. The molecule has 0 bridgehead atoms. The fourth-order valence-corrected chi connectivity index (χ4v) is 4.39. The minimum absolute atomic E-state index is 0.0259. The summed E-state index contributed by atoms with van der Waals surface area (Å²) in [6.07, 6.45) is 1.63. The van der Waals surface area contributed by atoms with Crippen molar-refractivity contribution in [1.29, 1.82) is 0 Å². The number of nitrogens with one attached hydrogen (secondary N) is 3. The lowest BCUT2D eigenvalue weighted by molar-refractivity contribution is -0.118. The van der Waals surface area contributed by atoms with Gasteiger partial charge in [0.15, 0.2) is 0 Å². The molecule has 2 aromatic rings. The smallest absolute Gasteiger partial charge is 0.251 e. The number of amides is 2. The lowest BCUT2D eigenvalue weighted by atomic mass is 10.1. The molecule has 1 saturated carbocycles. The van der Waals surface area contributed by atoms with Crippen LogP contribution in [0.3, 0.4) is 0 Å². The Bertz CT molecular complexity index is 1070. The predicted octanol–water partition coefficient (Wildman–Crippen LogP) is 1.65. The molecule has 1 saturated heterocycles. The van der Waals surface area contributed by atoms with E-state index >= 15 is 0 Å². The highest BCUT2D eigenvalue weighted by atomic mass is 32.2. The van der Waals surface area contributed by atoms with Crippen molar-refractivity contribution in [2.75, 3.05) is 18.5 Å².